The van der Waals surface area contributed by atoms with Gasteiger partial charge in [-0.15, -0.1) is 0 Å². The quantitative estimate of drug-likeness (QED) is 0.808. The van der Waals surface area contributed by atoms with Gasteiger partial charge in [-0.1, -0.05) is 55.8 Å². The van der Waals surface area contributed by atoms with Crippen molar-refractivity contribution in [2.24, 2.45) is 0 Å². The van der Waals surface area contributed by atoms with Crippen molar-refractivity contribution >= 4 is 23.2 Å². The summed E-state index contributed by atoms with van der Waals surface area (Å²) >= 11 is 6.11. The monoisotopic (exact) mass is 331 g/mol. The zero-order valence-corrected chi connectivity index (χ0v) is 14.5. The predicted molar refractivity (Wildman–Crippen MR) is 95.3 cm³/mol. The molecule has 0 saturated heterocycles. The van der Waals surface area contributed by atoms with Crippen LogP contribution in [0.2, 0.25) is 5.02 Å². The molecular formula is C19H22ClNO2. The highest BCUT2D eigenvalue weighted by molar-refractivity contribution is 6.32. The van der Waals surface area contributed by atoms with Crippen molar-refractivity contribution in [3.05, 3.63) is 58.6 Å². The number of para-hydroxylation sites is 2. The Morgan fingerprint density at radius 2 is 1.91 bits per heavy atom. The van der Waals surface area contributed by atoms with Crippen LogP contribution in [0.4, 0.5) is 5.69 Å². The number of rotatable bonds is 6. The minimum Gasteiger partial charge on any atom is -0.479 e. The van der Waals surface area contributed by atoms with E-state index in [1.807, 2.05) is 44.2 Å². The number of amides is 1. The van der Waals surface area contributed by atoms with Crippen molar-refractivity contribution in [1.29, 1.82) is 0 Å². The number of carbonyl (C=O) groups is 1. The van der Waals surface area contributed by atoms with Gasteiger partial charge in [0.2, 0.25) is 0 Å². The van der Waals surface area contributed by atoms with E-state index in [1.54, 1.807) is 12.1 Å². The van der Waals surface area contributed by atoms with E-state index in [1.165, 1.54) is 0 Å². The first kappa shape index (κ1) is 17.4. The van der Waals surface area contributed by atoms with Gasteiger partial charge >= 0.3 is 0 Å². The van der Waals surface area contributed by atoms with Crippen LogP contribution in [-0.2, 0) is 11.2 Å². The molecular weight excluding hydrogens is 310 g/mol. The van der Waals surface area contributed by atoms with Gasteiger partial charge in [0, 0.05) is 5.69 Å². The molecule has 23 heavy (non-hydrogen) atoms. The lowest BCUT2D eigenvalue weighted by Crippen LogP contribution is -2.33. The molecule has 0 bridgehead atoms. The van der Waals surface area contributed by atoms with Crippen LogP contribution in [0.5, 0.6) is 5.75 Å². The van der Waals surface area contributed by atoms with Gasteiger partial charge in [0.05, 0.1) is 5.02 Å². The Kier molecular flexibility index (Phi) is 6.05. The molecule has 1 unspecified atom stereocenters. The summed E-state index contributed by atoms with van der Waals surface area (Å²) in [5.74, 6) is 0.369. The maximum absolute atomic E-state index is 12.6. The zero-order valence-electron chi connectivity index (χ0n) is 13.7. The summed E-state index contributed by atoms with van der Waals surface area (Å²) in [5, 5.41) is 3.52. The molecule has 0 aliphatic rings. The summed E-state index contributed by atoms with van der Waals surface area (Å²) in [7, 11) is 0. The fourth-order valence-electron chi connectivity index (χ4n) is 2.42. The molecule has 3 nitrogen and oxygen atoms in total. The van der Waals surface area contributed by atoms with E-state index in [0.29, 0.717) is 17.2 Å². The van der Waals surface area contributed by atoms with Crippen molar-refractivity contribution in [1.82, 2.24) is 0 Å². The van der Waals surface area contributed by atoms with E-state index < -0.39 is 6.10 Å². The van der Waals surface area contributed by atoms with E-state index >= 15 is 0 Å². The molecule has 2 aromatic carbocycles. The Hall–Kier alpha value is -2.00. The minimum absolute atomic E-state index is 0.156. The first-order valence-electron chi connectivity index (χ1n) is 7.87. The number of nitrogens with one attached hydrogen (secondary N) is 1. The molecule has 2 rings (SSSR count). The van der Waals surface area contributed by atoms with Crippen LogP contribution < -0.4 is 10.1 Å². The molecule has 0 heterocycles. The second kappa shape index (κ2) is 8.02. The van der Waals surface area contributed by atoms with Gasteiger partial charge in [-0.2, -0.15) is 0 Å². The standard InChI is InChI=1S/C19H22ClNO2/c1-4-14-10-8-9-13(3)18(14)21-19(22)16(5-2)23-17-12-7-6-11-15(17)20/h6-12,16H,4-5H2,1-3H3,(H,21,22). The van der Waals surface area contributed by atoms with Gasteiger partial charge < -0.3 is 10.1 Å². The number of benzene rings is 2. The summed E-state index contributed by atoms with van der Waals surface area (Å²) in [4.78, 5) is 12.6. The largest absolute Gasteiger partial charge is 0.479 e. The third kappa shape index (κ3) is 4.26. The van der Waals surface area contributed by atoms with Gasteiger partial charge in [0.25, 0.3) is 5.91 Å². The molecule has 0 aromatic heterocycles. The number of aryl methyl sites for hydroxylation is 2. The van der Waals surface area contributed by atoms with E-state index in [2.05, 4.69) is 12.2 Å². The van der Waals surface area contributed by atoms with Crippen LogP contribution in [-0.4, -0.2) is 12.0 Å². The summed E-state index contributed by atoms with van der Waals surface area (Å²) < 4.78 is 5.80. The third-order valence-electron chi connectivity index (χ3n) is 3.76. The Labute approximate surface area is 142 Å². The molecule has 0 aliphatic heterocycles. The van der Waals surface area contributed by atoms with Crippen molar-refractivity contribution < 1.29 is 9.53 Å². The molecule has 0 fully saturated rings. The molecule has 4 heteroatoms. The van der Waals surface area contributed by atoms with Gasteiger partial charge in [-0.3, -0.25) is 4.79 Å². The molecule has 122 valence electrons. The van der Waals surface area contributed by atoms with Crippen LogP contribution in [0, 0.1) is 6.92 Å². The van der Waals surface area contributed by atoms with Crippen LogP contribution in [0.1, 0.15) is 31.4 Å². The van der Waals surface area contributed by atoms with Crippen LogP contribution in [0.25, 0.3) is 0 Å². The summed E-state index contributed by atoms with van der Waals surface area (Å²) in [5.41, 5.74) is 3.04. The topological polar surface area (TPSA) is 38.3 Å². The first-order valence-corrected chi connectivity index (χ1v) is 8.25. The fraction of sp³-hybridized carbons (Fsp3) is 0.316. The highest BCUT2D eigenvalue weighted by Crippen LogP contribution is 2.26. The van der Waals surface area contributed by atoms with Crippen molar-refractivity contribution in [2.75, 3.05) is 5.32 Å². The van der Waals surface area contributed by atoms with Gasteiger partial charge in [-0.05, 0) is 43.0 Å². The number of hydrogen-bond acceptors (Lipinski definition) is 2. The lowest BCUT2D eigenvalue weighted by molar-refractivity contribution is -0.122. The van der Waals surface area contributed by atoms with Crippen LogP contribution in [0.3, 0.4) is 0 Å². The van der Waals surface area contributed by atoms with Gasteiger partial charge in [-0.25, -0.2) is 0 Å². The van der Waals surface area contributed by atoms with Crippen molar-refractivity contribution in [2.45, 2.75) is 39.7 Å². The highest BCUT2D eigenvalue weighted by atomic mass is 35.5. The number of ether oxygens (including phenoxy) is 1. The van der Waals surface area contributed by atoms with Gasteiger partial charge in [0.15, 0.2) is 6.10 Å². The molecule has 1 amide bonds. The maximum Gasteiger partial charge on any atom is 0.265 e. The lowest BCUT2D eigenvalue weighted by Gasteiger charge is -2.20. The summed E-state index contributed by atoms with van der Waals surface area (Å²) in [6, 6.07) is 13.2. The molecule has 1 atom stereocenters. The Morgan fingerprint density at radius 3 is 2.57 bits per heavy atom. The average molecular weight is 332 g/mol. The number of halogens is 1. The zero-order chi connectivity index (χ0) is 16.8. The lowest BCUT2D eigenvalue weighted by atomic mass is 10.1. The van der Waals surface area contributed by atoms with Crippen molar-refractivity contribution in [3.8, 4) is 5.75 Å². The Morgan fingerprint density at radius 1 is 1.17 bits per heavy atom. The summed E-state index contributed by atoms with van der Waals surface area (Å²) in [6.45, 7) is 5.98. The second-order valence-corrected chi connectivity index (χ2v) is 5.80. The Balaban J connectivity index is 2.17. The molecule has 0 spiro atoms. The number of hydrogen-bond donors (Lipinski definition) is 1. The number of carbonyl (C=O) groups excluding carboxylic acids is 1. The summed E-state index contributed by atoms with van der Waals surface area (Å²) in [6.07, 6.45) is 0.836. The van der Waals surface area contributed by atoms with E-state index in [9.17, 15) is 4.79 Å². The van der Waals surface area contributed by atoms with Crippen molar-refractivity contribution in [3.63, 3.8) is 0 Å². The molecule has 1 N–H and O–H groups in total. The SMILES string of the molecule is CCc1cccc(C)c1NC(=O)C(CC)Oc1ccccc1Cl. The minimum atomic E-state index is -0.584. The fourth-order valence-corrected chi connectivity index (χ4v) is 2.60. The van der Waals surface area contributed by atoms with Crippen LogP contribution in [0.15, 0.2) is 42.5 Å². The maximum atomic E-state index is 12.6. The van der Waals surface area contributed by atoms with Crippen LogP contribution >= 0.6 is 11.6 Å². The molecule has 0 saturated carbocycles. The smallest absolute Gasteiger partial charge is 0.265 e. The second-order valence-electron chi connectivity index (χ2n) is 5.40. The normalized spacial score (nSPS) is 11.8. The third-order valence-corrected chi connectivity index (χ3v) is 4.07. The molecule has 0 radical (unpaired) electrons. The van der Waals surface area contributed by atoms with E-state index in [4.69, 9.17) is 16.3 Å². The Bertz CT molecular complexity index is 685. The number of anilines is 1. The van der Waals surface area contributed by atoms with E-state index in [0.717, 1.165) is 23.2 Å². The first-order chi connectivity index (χ1) is 11.1. The predicted octanol–water partition coefficient (Wildman–Crippen LogP) is 5.01. The van der Waals surface area contributed by atoms with Gasteiger partial charge in [0.1, 0.15) is 5.75 Å². The molecule has 0 aliphatic carbocycles. The molecule has 2 aromatic rings. The van der Waals surface area contributed by atoms with E-state index in [-0.39, 0.29) is 5.91 Å². The average Bonchev–Trinajstić information content (AvgIpc) is 2.55. The highest BCUT2D eigenvalue weighted by Gasteiger charge is 2.21.